The number of pyridine rings is 1. The van der Waals surface area contributed by atoms with Gasteiger partial charge in [0.25, 0.3) is 0 Å². The maximum absolute atomic E-state index is 12.9. The second-order valence-corrected chi connectivity index (χ2v) is 7.98. The van der Waals surface area contributed by atoms with Gasteiger partial charge in [-0.1, -0.05) is 35.9 Å². The number of aromatic nitrogens is 1. The van der Waals surface area contributed by atoms with Crippen molar-refractivity contribution in [2.45, 2.75) is 19.4 Å². The number of fused-ring (bicyclic) bond motifs is 1. The van der Waals surface area contributed by atoms with Gasteiger partial charge in [-0.15, -0.1) is 0 Å². The molecule has 0 saturated carbocycles. The maximum Gasteiger partial charge on any atom is 0.196 e. The molecule has 1 aromatic heterocycles. The molecule has 2 N–H and O–H groups in total. The van der Waals surface area contributed by atoms with Crippen LogP contribution >= 0.6 is 11.6 Å². The van der Waals surface area contributed by atoms with Crippen LogP contribution in [0.25, 0.3) is 10.9 Å². The third-order valence-electron chi connectivity index (χ3n) is 5.64. The second kappa shape index (κ2) is 9.47. The first-order valence-electron chi connectivity index (χ1n) is 10.2. The Bertz CT molecular complexity index is 1290. The summed E-state index contributed by atoms with van der Waals surface area (Å²) in [5, 5.41) is 10.3. The zero-order valence-electron chi connectivity index (χ0n) is 17.9. The molecule has 5 nitrogen and oxygen atoms in total. The van der Waals surface area contributed by atoms with Crippen molar-refractivity contribution in [3.05, 3.63) is 104 Å². The molecule has 1 heterocycles. The number of aliphatic hydroxyl groups excluding tert-OH is 1. The van der Waals surface area contributed by atoms with Crippen molar-refractivity contribution in [1.29, 1.82) is 0 Å². The third-order valence-corrected chi connectivity index (χ3v) is 6.06. The number of hydrogen-bond acceptors (Lipinski definition) is 4. The molecule has 0 radical (unpaired) electrons. The van der Waals surface area contributed by atoms with Gasteiger partial charge in [-0.05, 0) is 65.4 Å². The van der Waals surface area contributed by atoms with Crippen molar-refractivity contribution in [1.82, 2.24) is 4.98 Å². The number of rotatable bonds is 7. The Morgan fingerprint density at radius 3 is 1.97 bits per heavy atom. The summed E-state index contributed by atoms with van der Waals surface area (Å²) in [7, 11) is 3.27. The van der Waals surface area contributed by atoms with Crippen LogP contribution in [0.2, 0.25) is 5.02 Å². The van der Waals surface area contributed by atoms with Crippen LogP contribution in [0.1, 0.15) is 27.8 Å². The summed E-state index contributed by atoms with van der Waals surface area (Å²) in [5.74, 6) is 1.57. The van der Waals surface area contributed by atoms with Crippen molar-refractivity contribution in [2.24, 2.45) is 0 Å². The highest BCUT2D eigenvalue weighted by Gasteiger charge is 2.17. The molecule has 0 aliphatic carbocycles. The van der Waals surface area contributed by atoms with E-state index in [1.807, 2.05) is 54.6 Å². The number of ether oxygens (including phenoxy) is 2. The first-order valence-corrected chi connectivity index (χ1v) is 10.6. The normalized spacial score (nSPS) is 11.0. The number of hydrogen-bond donors (Lipinski definition) is 2. The first kappa shape index (κ1) is 21.9. The summed E-state index contributed by atoms with van der Waals surface area (Å²) >= 11 is 6.86. The van der Waals surface area contributed by atoms with Crippen molar-refractivity contribution in [3.63, 3.8) is 0 Å². The zero-order valence-corrected chi connectivity index (χ0v) is 18.7. The standard InChI is InChI=1S/C26H24ClNO4/c1-31-20-7-3-16(4-8-20)11-18-13-23-24(26(30)19(15-29)14-28-23)25(27)22(18)12-17-5-9-21(32-2)10-6-17/h3-10,13-14,29H,11-12,15H2,1-2H3,(H,28,30). The fourth-order valence-electron chi connectivity index (χ4n) is 3.85. The zero-order chi connectivity index (χ0) is 22.7. The number of benzene rings is 3. The van der Waals surface area contributed by atoms with E-state index in [2.05, 4.69) is 4.98 Å². The lowest BCUT2D eigenvalue weighted by atomic mass is 9.92. The second-order valence-electron chi connectivity index (χ2n) is 7.60. The van der Waals surface area contributed by atoms with Gasteiger partial charge in [-0.25, -0.2) is 0 Å². The molecule has 0 saturated heterocycles. The van der Waals surface area contributed by atoms with Gasteiger partial charge in [0.15, 0.2) is 5.43 Å². The highest BCUT2D eigenvalue weighted by molar-refractivity contribution is 6.36. The molecular formula is C26H24ClNO4. The molecule has 0 fully saturated rings. The number of aliphatic hydroxyl groups is 1. The molecule has 3 aromatic carbocycles. The van der Waals surface area contributed by atoms with Crippen LogP contribution in [-0.4, -0.2) is 24.3 Å². The average molecular weight is 450 g/mol. The van der Waals surface area contributed by atoms with E-state index in [9.17, 15) is 9.90 Å². The van der Waals surface area contributed by atoms with Crippen molar-refractivity contribution >= 4 is 22.5 Å². The van der Waals surface area contributed by atoms with Gasteiger partial charge in [-0.2, -0.15) is 0 Å². The topological polar surface area (TPSA) is 71.5 Å². The van der Waals surface area contributed by atoms with E-state index in [0.717, 1.165) is 33.8 Å². The molecule has 0 amide bonds. The number of nitrogens with one attached hydrogen (secondary N) is 1. The van der Waals surface area contributed by atoms with Crippen LogP contribution in [0.4, 0.5) is 0 Å². The van der Waals surface area contributed by atoms with Crippen LogP contribution in [0.3, 0.4) is 0 Å². The van der Waals surface area contributed by atoms with E-state index in [4.69, 9.17) is 21.1 Å². The predicted molar refractivity (Wildman–Crippen MR) is 127 cm³/mol. The van der Waals surface area contributed by atoms with Gasteiger partial charge in [0.1, 0.15) is 11.5 Å². The smallest absolute Gasteiger partial charge is 0.196 e. The molecule has 0 aliphatic rings. The van der Waals surface area contributed by atoms with E-state index in [0.29, 0.717) is 28.8 Å². The molecule has 0 aliphatic heterocycles. The SMILES string of the molecule is COc1ccc(Cc2cc3[nH]cc(CO)c(=O)c3c(Cl)c2Cc2ccc(OC)cc2)cc1. The minimum atomic E-state index is -0.344. The summed E-state index contributed by atoms with van der Waals surface area (Å²) in [6, 6.07) is 17.7. The molecule has 0 bridgehead atoms. The van der Waals surface area contributed by atoms with Crippen molar-refractivity contribution in [3.8, 4) is 11.5 Å². The number of methoxy groups -OCH3 is 2. The van der Waals surface area contributed by atoms with E-state index in [-0.39, 0.29) is 17.6 Å². The highest BCUT2D eigenvalue weighted by Crippen LogP contribution is 2.32. The Morgan fingerprint density at radius 1 is 0.875 bits per heavy atom. The Labute approximate surface area is 191 Å². The molecule has 4 rings (SSSR count). The molecule has 32 heavy (non-hydrogen) atoms. The van der Waals surface area contributed by atoms with Crippen molar-refractivity contribution in [2.75, 3.05) is 14.2 Å². The van der Waals surface area contributed by atoms with Gasteiger partial charge in [0.05, 0.1) is 36.8 Å². The summed E-state index contributed by atoms with van der Waals surface area (Å²) in [6.07, 6.45) is 2.75. The van der Waals surface area contributed by atoms with Gasteiger partial charge < -0.3 is 19.6 Å². The van der Waals surface area contributed by atoms with E-state index < -0.39 is 0 Å². The van der Waals surface area contributed by atoms with Crippen LogP contribution in [-0.2, 0) is 19.4 Å². The lowest BCUT2D eigenvalue weighted by Gasteiger charge is -2.16. The average Bonchev–Trinajstić information content (AvgIpc) is 2.82. The van der Waals surface area contributed by atoms with Gasteiger partial charge in [0.2, 0.25) is 0 Å². The van der Waals surface area contributed by atoms with E-state index >= 15 is 0 Å². The lowest BCUT2D eigenvalue weighted by Crippen LogP contribution is -2.12. The van der Waals surface area contributed by atoms with Crippen molar-refractivity contribution < 1.29 is 14.6 Å². The number of halogens is 1. The molecule has 4 aromatic rings. The Balaban J connectivity index is 1.85. The fraction of sp³-hybridized carbons (Fsp3) is 0.192. The molecular weight excluding hydrogens is 426 g/mol. The third kappa shape index (κ3) is 4.35. The molecule has 0 spiro atoms. The molecule has 0 unspecified atom stereocenters. The summed E-state index contributed by atoms with van der Waals surface area (Å²) in [6.45, 7) is -0.344. The molecule has 6 heteroatoms. The minimum absolute atomic E-state index is 0.252. The van der Waals surface area contributed by atoms with Gasteiger partial charge in [0, 0.05) is 11.8 Å². The van der Waals surface area contributed by atoms with Crippen LogP contribution < -0.4 is 14.9 Å². The predicted octanol–water partition coefficient (Wildman–Crippen LogP) is 4.87. The van der Waals surface area contributed by atoms with E-state index in [1.54, 1.807) is 20.4 Å². The lowest BCUT2D eigenvalue weighted by molar-refractivity contribution is 0.280. The number of H-pyrrole nitrogens is 1. The number of aromatic amines is 1. The van der Waals surface area contributed by atoms with Gasteiger partial charge in [-0.3, -0.25) is 4.79 Å². The first-order chi connectivity index (χ1) is 15.5. The van der Waals surface area contributed by atoms with Crippen LogP contribution in [0.5, 0.6) is 11.5 Å². The monoisotopic (exact) mass is 449 g/mol. The van der Waals surface area contributed by atoms with Crippen LogP contribution in [0.15, 0.2) is 65.6 Å². The Kier molecular flexibility index (Phi) is 6.49. The quantitative estimate of drug-likeness (QED) is 0.422. The highest BCUT2D eigenvalue weighted by atomic mass is 35.5. The summed E-state index contributed by atoms with van der Waals surface area (Å²) < 4.78 is 10.5. The largest absolute Gasteiger partial charge is 0.497 e. The molecule has 164 valence electrons. The summed E-state index contributed by atoms with van der Waals surface area (Å²) in [5.41, 5.74) is 4.76. The molecule has 0 atom stereocenters. The van der Waals surface area contributed by atoms with Crippen LogP contribution in [0, 0.1) is 0 Å². The fourth-order valence-corrected chi connectivity index (χ4v) is 4.22. The Morgan fingerprint density at radius 2 is 1.44 bits per heavy atom. The summed E-state index contributed by atoms with van der Waals surface area (Å²) in [4.78, 5) is 16.0. The maximum atomic E-state index is 12.9. The minimum Gasteiger partial charge on any atom is -0.497 e. The Hall–Kier alpha value is -3.28. The van der Waals surface area contributed by atoms with E-state index in [1.165, 1.54) is 0 Å². The van der Waals surface area contributed by atoms with Gasteiger partial charge >= 0.3 is 0 Å².